The number of ether oxygens (including phenoxy) is 1. The number of sulfone groups is 1. The van der Waals surface area contributed by atoms with Gasteiger partial charge in [-0.1, -0.05) is 25.0 Å². The highest BCUT2D eigenvalue weighted by Crippen LogP contribution is 2.25. The minimum absolute atomic E-state index is 0.276. The maximum atomic E-state index is 12.3. The van der Waals surface area contributed by atoms with Crippen molar-refractivity contribution in [2.24, 2.45) is 0 Å². The highest BCUT2D eigenvalue weighted by atomic mass is 32.2. The van der Waals surface area contributed by atoms with E-state index in [0.717, 1.165) is 18.4 Å². The van der Waals surface area contributed by atoms with E-state index in [2.05, 4.69) is 0 Å². The molecule has 1 saturated carbocycles. The van der Waals surface area contributed by atoms with Gasteiger partial charge in [-0.25, -0.2) is 13.2 Å². The van der Waals surface area contributed by atoms with Gasteiger partial charge in [0.15, 0.2) is 16.4 Å². The van der Waals surface area contributed by atoms with Gasteiger partial charge in [0.2, 0.25) is 5.91 Å². The zero-order chi connectivity index (χ0) is 18.4. The third-order valence-corrected chi connectivity index (χ3v) is 6.40. The molecule has 0 atom stereocenters. The lowest BCUT2D eigenvalue weighted by Crippen LogP contribution is -2.35. The van der Waals surface area contributed by atoms with Gasteiger partial charge in [-0.05, 0) is 30.5 Å². The molecule has 2 rings (SSSR count). The van der Waals surface area contributed by atoms with E-state index in [1.54, 1.807) is 31.3 Å². The molecule has 1 aromatic rings. The molecule has 1 aromatic carbocycles. The van der Waals surface area contributed by atoms with Crippen LogP contribution in [-0.4, -0.2) is 55.0 Å². The average molecular weight is 369 g/mol. The van der Waals surface area contributed by atoms with E-state index in [4.69, 9.17) is 9.84 Å². The Bertz CT molecular complexity index is 707. The van der Waals surface area contributed by atoms with Crippen LogP contribution in [0.5, 0.6) is 5.75 Å². The second kappa shape index (κ2) is 8.33. The maximum Gasteiger partial charge on any atom is 0.341 e. The van der Waals surface area contributed by atoms with Gasteiger partial charge in [-0.15, -0.1) is 0 Å². The summed E-state index contributed by atoms with van der Waals surface area (Å²) in [5.41, 5.74) is 0.803. The number of rotatable bonds is 8. The van der Waals surface area contributed by atoms with Crippen LogP contribution < -0.4 is 4.74 Å². The summed E-state index contributed by atoms with van der Waals surface area (Å²) in [6.07, 6.45) is 3.11. The van der Waals surface area contributed by atoms with Gasteiger partial charge in [-0.3, -0.25) is 4.79 Å². The van der Waals surface area contributed by atoms with Gasteiger partial charge in [0, 0.05) is 13.6 Å². The van der Waals surface area contributed by atoms with E-state index in [0.29, 0.717) is 18.6 Å². The summed E-state index contributed by atoms with van der Waals surface area (Å²) < 4.78 is 29.6. The fourth-order valence-electron chi connectivity index (χ4n) is 2.85. The summed E-state index contributed by atoms with van der Waals surface area (Å²) in [5.74, 6) is -1.51. The van der Waals surface area contributed by atoms with Crippen LogP contribution in [0, 0.1) is 0 Å². The minimum Gasteiger partial charge on any atom is -0.482 e. The Morgan fingerprint density at radius 1 is 1.20 bits per heavy atom. The number of hydrogen-bond donors (Lipinski definition) is 1. The summed E-state index contributed by atoms with van der Waals surface area (Å²) >= 11 is 0. The van der Waals surface area contributed by atoms with Crippen LogP contribution in [0.4, 0.5) is 0 Å². The molecule has 1 N–H and O–H groups in total. The highest BCUT2D eigenvalue weighted by molar-refractivity contribution is 7.92. The number of amides is 1. The lowest BCUT2D eigenvalue weighted by molar-refractivity contribution is -0.139. The first-order chi connectivity index (χ1) is 11.8. The van der Waals surface area contributed by atoms with Gasteiger partial charge >= 0.3 is 5.97 Å². The number of carboxylic acid groups (broad SMARTS) is 1. The number of carboxylic acids is 1. The molecule has 0 saturated heterocycles. The van der Waals surface area contributed by atoms with E-state index >= 15 is 0 Å². The van der Waals surface area contributed by atoms with Crippen LogP contribution in [-0.2, 0) is 26.0 Å². The average Bonchev–Trinajstić information content (AvgIpc) is 3.09. The van der Waals surface area contributed by atoms with Crippen molar-refractivity contribution in [2.45, 2.75) is 37.5 Å². The number of nitrogens with zero attached hydrogens (tertiary/aromatic N) is 1. The predicted molar refractivity (Wildman–Crippen MR) is 92.1 cm³/mol. The smallest absolute Gasteiger partial charge is 0.341 e. The highest BCUT2D eigenvalue weighted by Gasteiger charge is 2.31. The van der Waals surface area contributed by atoms with Crippen molar-refractivity contribution in [1.29, 1.82) is 0 Å². The minimum atomic E-state index is -3.39. The summed E-state index contributed by atoms with van der Waals surface area (Å²) in [5, 5.41) is 8.18. The third kappa shape index (κ3) is 5.74. The Morgan fingerprint density at radius 2 is 1.80 bits per heavy atom. The van der Waals surface area contributed by atoms with Crippen LogP contribution in [0.1, 0.15) is 31.2 Å². The molecule has 1 amide bonds. The Hall–Kier alpha value is -2.09. The maximum absolute atomic E-state index is 12.3. The van der Waals surface area contributed by atoms with Gasteiger partial charge in [-0.2, -0.15) is 0 Å². The summed E-state index contributed by atoms with van der Waals surface area (Å²) in [6.45, 7) is -0.144. The number of hydrogen-bond acceptors (Lipinski definition) is 5. The molecule has 25 heavy (non-hydrogen) atoms. The van der Waals surface area contributed by atoms with E-state index in [-0.39, 0.29) is 11.8 Å². The number of carbonyl (C=O) groups is 2. The lowest BCUT2D eigenvalue weighted by Gasteiger charge is -2.19. The molecular weight excluding hydrogens is 346 g/mol. The number of carbonyl (C=O) groups excluding carboxylic acids is 1. The topological polar surface area (TPSA) is 101 Å². The molecule has 0 radical (unpaired) electrons. The fourth-order valence-corrected chi connectivity index (χ4v) is 4.70. The second-order valence-electron chi connectivity index (χ2n) is 6.29. The van der Waals surface area contributed by atoms with Crippen molar-refractivity contribution in [3.8, 4) is 5.75 Å². The molecule has 0 aliphatic heterocycles. The monoisotopic (exact) mass is 369 g/mol. The lowest BCUT2D eigenvalue weighted by atomic mass is 10.2. The van der Waals surface area contributed by atoms with Crippen LogP contribution in [0.2, 0.25) is 0 Å². The van der Waals surface area contributed by atoms with Gasteiger partial charge in [0.1, 0.15) is 11.5 Å². The number of aliphatic carboxylic acids is 1. The fraction of sp³-hybridized carbons (Fsp3) is 0.529. The van der Waals surface area contributed by atoms with E-state index in [1.165, 1.54) is 4.90 Å². The van der Waals surface area contributed by atoms with E-state index in [9.17, 15) is 18.0 Å². The van der Waals surface area contributed by atoms with Gasteiger partial charge in [0.25, 0.3) is 0 Å². The predicted octanol–water partition coefficient (Wildman–Crippen LogP) is 1.47. The van der Waals surface area contributed by atoms with E-state index in [1.807, 2.05) is 0 Å². The normalized spacial score (nSPS) is 15.1. The first kappa shape index (κ1) is 19.2. The van der Waals surface area contributed by atoms with Gasteiger partial charge in [0.05, 0.1) is 5.25 Å². The Balaban J connectivity index is 1.89. The van der Waals surface area contributed by atoms with Gasteiger partial charge < -0.3 is 14.7 Å². The molecule has 138 valence electrons. The zero-order valence-electron chi connectivity index (χ0n) is 14.2. The zero-order valence-corrected chi connectivity index (χ0v) is 15.0. The third-order valence-electron chi connectivity index (χ3n) is 4.27. The van der Waals surface area contributed by atoms with Crippen molar-refractivity contribution in [1.82, 2.24) is 4.90 Å². The summed E-state index contributed by atoms with van der Waals surface area (Å²) in [4.78, 5) is 24.1. The van der Waals surface area contributed by atoms with Crippen molar-refractivity contribution in [2.75, 3.05) is 19.4 Å². The van der Waals surface area contributed by atoms with Crippen molar-refractivity contribution >= 4 is 21.7 Å². The Labute approximate surface area is 147 Å². The van der Waals surface area contributed by atoms with E-state index < -0.39 is 34.1 Å². The van der Waals surface area contributed by atoms with Crippen molar-refractivity contribution in [3.05, 3.63) is 29.8 Å². The molecule has 0 unspecified atom stereocenters. The largest absolute Gasteiger partial charge is 0.482 e. The number of benzene rings is 1. The molecule has 1 aliphatic rings. The SMILES string of the molecule is CN(Cc1ccc(OCC(=O)O)cc1)C(=O)CS(=O)(=O)C1CCCC1. The molecule has 8 heteroatoms. The summed E-state index contributed by atoms with van der Waals surface area (Å²) in [7, 11) is -1.81. The second-order valence-corrected chi connectivity index (χ2v) is 8.57. The molecule has 1 fully saturated rings. The standard InChI is InChI=1S/C17H23NO6S/c1-18(16(19)12-25(22,23)15-4-2-3-5-15)10-13-6-8-14(9-7-13)24-11-17(20)21/h6-9,15H,2-5,10-12H2,1H3,(H,20,21). The molecule has 0 spiro atoms. The Morgan fingerprint density at radius 3 is 2.36 bits per heavy atom. The van der Waals surface area contributed by atoms with Crippen LogP contribution in [0.3, 0.4) is 0 Å². The first-order valence-corrected chi connectivity index (χ1v) is 9.88. The van der Waals surface area contributed by atoms with Crippen LogP contribution in [0.25, 0.3) is 0 Å². The first-order valence-electron chi connectivity index (χ1n) is 8.17. The van der Waals surface area contributed by atoms with Crippen LogP contribution >= 0.6 is 0 Å². The van der Waals surface area contributed by atoms with Crippen molar-refractivity contribution < 1.29 is 27.9 Å². The van der Waals surface area contributed by atoms with Crippen molar-refractivity contribution in [3.63, 3.8) is 0 Å². The Kier molecular flexibility index (Phi) is 6.41. The molecule has 1 aliphatic carbocycles. The quantitative estimate of drug-likeness (QED) is 0.745. The molecule has 7 nitrogen and oxygen atoms in total. The van der Waals surface area contributed by atoms with Crippen LogP contribution in [0.15, 0.2) is 24.3 Å². The molecule has 0 heterocycles. The molecule has 0 aromatic heterocycles. The molecular formula is C17H23NO6S. The summed E-state index contributed by atoms with van der Waals surface area (Å²) in [6, 6.07) is 6.66. The molecule has 0 bridgehead atoms.